The molecule has 0 bridgehead atoms. The highest BCUT2D eigenvalue weighted by atomic mass is 16.6. The third kappa shape index (κ3) is 45.3. The minimum Gasteiger partial charge on any atom is -0.457 e. The topological polar surface area (TPSA) is 55.8 Å². The first-order chi connectivity index (χ1) is 27.2. The van der Waals surface area contributed by atoms with Crippen LogP contribution in [0.1, 0.15) is 181 Å². The summed E-state index contributed by atoms with van der Waals surface area (Å²) < 4.78 is 11.2. The van der Waals surface area contributed by atoms with Crippen LogP contribution in [0.3, 0.4) is 0 Å². The van der Waals surface area contributed by atoms with Gasteiger partial charge in [0.1, 0.15) is 6.10 Å². The summed E-state index contributed by atoms with van der Waals surface area (Å²) in [6, 6.07) is 0. The van der Waals surface area contributed by atoms with Crippen molar-refractivity contribution in [2.45, 2.75) is 187 Å². The molecule has 312 valence electrons. The Balaban J connectivity index is 3.53. The molecule has 0 spiro atoms. The van der Waals surface area contributed by atoms with Gasteiger partial charge in [0.15, 0.2) is 0 Å². The van der Waals surface area contributed by atoms with Gasteiger partial charge in [0.2, 0.25) is 0 Å². The molecule has 0 aliphatic heterocycles. The fourth-order valence-corrected chi connectivity index (χ4v) is 5.82. The van der Waals surface area contributed by atoms with E-state index in [1.807, 2.05) is 0 Å². The molecule has 0 saturated heterocycles. The van der Waals surface area contributed by atoms with Gasteiger partial charge in [-0.1, -0.05) is 187 Å². The number of hydrogen-bond donors (Lipinski definition) is 1. The standard InChI is InChI=1S/C51H84O4/c1-3-5-7-9-11-13-15-17-19-21-23-25-27-29-31-33-35-37-39-41-43-45-47-54-49-50(48-52)55-51(53)46-44-42-40-38-36-34-32-30-28-26-24-22-20-18-16-14-12-10-8-6-4-2/h5-8,11-14,17-20,23-26,30,32,50,52H,3-4,9-10,15-16,21-22,27-29,31,33-49H2,1-2H3/b7-5-,8-6-,13-11-,14-12-,19-17-,20-18-,25-23-,26-24-,32-30-. The van der Waals surface area contributed by atoms with E-state index in [1.54, 1.807) is 0 Å². The molecule has 0 rings (SSSR count). The maximum atomic E-state index is 12.2. The van der Waals surface area contributed by atoms with Gasteiger partial charge in [0.05, 0.1) is 13.2 Å². The predicted molar refractivity (Wildman–Crippen MR) is 241 cm³/mol. The molecule has 0 aromatic carbocycles. The van der Waals surface area contributed by atoms with E-state index in [2.05, 4.69) is 123 Å². The van der Waals surface area contributed by atoms with Crippen LogP contribution in [-0.2, 0) is 14.3 Å². The molecule has 0 heterocycles. The van der Waals surface area contributed by atoms with Crippen molar-refractivity contribution in [2.24, 2.45) is 0 Å². The summed E-state index contributed by atoms with van der Waals surface area (Å²) in [5.74, 6) is -0.226. The summed E-state index contributed by atoms with van der Waals surface area (Å²) in [4.78, 5) is 12.2. The predicted octanol–water partition coefficient (Wildman–Crippen LogP) is 15.1. The smallest absolute Gasteiger partial charge is 0.306 e. The van der Waals surface area contributed by atoms with Gasteiger partial charge in [-0.3, -0.25) is 4.79 Å². The first-order valence-electron chi connectivity index (χ1n) is 22.5. The van der Waals surface area contributed by atoms with Gasteiger partial charge in [-0.05, 0) is 96.3 Å². The number of aliphatic hydroxyl groups is 1. The van der Waals surface area contributed by atoms with Crippen molar-refractivity contribution in [3.63, 3.8) is 0 Å². The summed E-state index contributed by atoms with van der Waals surface area (Å²) in [6.45, 7) is 5.07. The van der Waals surface area contributed by atoms with Crippen molar-refractivity contribution >= 4 is 5.97 Å². The van der Waals surface area contributed by atoms with Crippen LogP contribution in [-0.4, -0.2) is 37.0 Å². The van der Waals surface area contributed by atoms with Crippen molar-refractivity contribution in [1.29, 1.82) is 0 Å². The Morgan fingerprint density at radius 1 is 0.436 bits per heavy atom. The lowest BCUT2D eigenvalue weighted by Gasteiger charge is -2.15. The van der Waals surface area contributed by atoms with Gasteiger partial charge >= 0.3 is 5.97 Å². The van der Waals surface area contributed by atoms with Gasteiger partial charge < -0.3 is 14.6 Å². The van der Waals surface area contributed by atoms with E-state index >= 15 is 0 Å². The van der Waals surface area contributed by atoms with Crippen LogP contribution in [0.5, 0.6) is 0 Å². The highest BCUT2D eigenvalue weighted by molar-refractivity contribution is 5.69. The molecular weight excluding hydrogens is 677 g/mol. The summed E-state index contributed by atoms with van der Waals surface area (Å²) in [7, 11) is 0. The summed E-state index contributed by atoms with van der Waals surface area (Å²) in [6.07, 6.45) is 68.6. The lowest BCUT2D eigenvalue weighted by Crippen LogP contribution is -2.27. The second kappa shape index (κ2) is 47.2. The van der Waals surface area contributed by atoms with Crippen molar-refractivity contribution in [1.82, 2.24) is 0 Å². The van der Waals surface area contributed by atoms with Crippen molar-refractivity contribution < 1.29 is 19.4 Å². The number of aliphatic hydroxyl groups excluding tert-OH is 1. The monoisotopic (exact) mass is 761 g/mol. The van der Waals surface area contributed by atoms with Gasteiger partial charge in [-0.25, -0.2) is 0 Å². The van der Waals surface area contributed by atoms with Crippen LogP contribution in [0.15, 0.2) is 109 Å². The summed E-state index contributed by atoms with van der Waals surface area (Å²) in [5.41, 5.74) is 0. The SMILES string of the molecule is CC/C=C\C/C=C\C/C=C\C/C=C\C/C=C\CCCCCCCC(=O)OC(CO)COCCCCCCCCCCC/C=C\C/C=C\C/C=C\C/C=C\CC. The average molecular weight is 761 g/mol. The molecule has 0 fully saturated rings. The minimum atomic E-state index is -0.557. The molecule has 0 aromatic heterocycles. The van der Waals surface area contributed by atoms with Crippen LogP contribution in [0, 0.1) is 0 Å². The molecule has 0 saturated carbocycles. The number of esters is 1. The Morgan fingerprint density at radius 2 is 0.764 bits per heavy atom. The van der Waals surface area contributed by atoms with E-state index < -0.39 is 6.10 Å². The van der Waals surface area contributed by atoms with Gasteiger partial charge in [0.25, 0.3) is 0 Å². The first kappa shape index (κ1) is 52.1. The summed E-state index contributed by atoms with van der Waals surface area (Å²) >= 11 is 0. The Bertz CT molecular complexity index is 1070. The molecular formula is C51H84O4. The first-order valence-corrected chi connectivity index (χ1v) is 22.5. The largest absolute Gasteiger partial charge is 0.457 e. The van der Waals surface area contributed by atoms with Crippen molar-refractivity contribution in [2.75, 3.05) is 19.8 Å². The third-order valence-electron chi connectivity index (χ3n) is 9.09. The molecule has 1 unspecified atom stereocenters. The average Bonchev–Trinajstić information content (AvgIpc) is 3.19. The zero-order valence-electron chi connectivity index (χ0n) is 35.6. The zero-order chi connectivity index (χ0) is 39.8. The zero-order valence-corrected chi connectivity index (χ0v) is 35.6. The van der Waals surface area contributed by atoms with Gasteiger partial charge in [-0.15, -0.1) is 0 Å². The van der Waals surface area contributed by atoms with E-state index in [9.17, 15) is 9.90 Å². The van der Waals surface area contributed by atoms with Crippen LogP contribution in [0.4, 0.5) is 0 Å². The second-order valence-electron chi connectivity index (χ2n) is 14.4. The van der Waals surface area contributed by atoms with E-state index in [0.717, 1.165) is 96.3 Å². The van der Waals surface area contributed by atoms with E-state index in [0.29, 0.717) is 13.0 Å². The maximum Gasteiger partial charge on any atom is 0.306 e. The number of unbranched alkanes of at least 4 members (excludes halogenated alkanes) is 14. The fraction of sp³-hybridized carbons (Fsp3) is 0.627. The molecule has 0 amide bonds. The van der Waals surface area contributed by atoms with Gasteiger partial charge in [0, 0.05) is 13.0 Å². The highest BCUT2D eigenvalue weighted by Gasteiger charge is 2.13. The summed E-state index contributed by atoms with van der Waals surface area (Å²) in [5, 5.41) is 9.62. The van der Waals surface area contributed by atoms with Crippen LogP contribution < -0.4 is 0 Å². The Morgan fingerprint density at radius 3 is 1.15 bits per heavy atom. The molecule has 4 nitrogen and oxygen atoms in total. The Labute approximate surface area is 340 Å². The number of rotatable bonds is 40. The Kier molecular flexibility index (Phi) is 44.7. The molecule has 55 heavy (non-hydrogen) atoms. The third-order valence-corrected chi connectivity index (χ3v) is 9.09. The second-order valence-corrected chi connectivity index (χ2v) is 14.4. The molecule has 4 heteroatoms. The minimum absolute atomic E-state index is 0.190. The van der Waals surface area contributed by atoms with Crippen LogP contribution >= 0.6 is 0 Å². The lowest BCUT2D eigenvalue weighted by atomic mass is 10.1. The normalized spacial score (nSPS) is 13.4. The lowest BCUT2D eigenvalue weighted by molar-refractivity contribution is -0.154. The molecule has 1 atom stereocenters. The number of ether oxygens (including phenoxy) is 2. The quantitative estimate of drug-likeness (QED) is 0.0384. The maximum absolute atomic E-state index is 12.2. The highest BCUT2D eigenvalue weighted by Crippen LogP contribution is 2.12. The number of carbonyl (C=O) groups is 1. The number of hydrogen-bond acceptors (Lipinski definition) is 4. The molecule has 1 N–H and O–H groups in total. The van der Waals surface area contributed by atoms with Crippen molar-refractivity contribution in [3.8, 4) is 0 Å². The number of carbonyl (C=O) groups excluding carboxylic acids is 1. The molecule has 0 aromatic rings. The van der Waals surface area contributed by atoms with Crippen LogP contribution in [0.2, 0.25) is 0 Å². The van der Waals surface area contributed by atoms with Crippen LogP contribution in [0.25, 0.3) is 0 Å². The molecule has 0 aliphatic carbocycles. The molecule has 0 radical (unpaired) electrons. The van der Waals surface area contributed by atoms with Gasteiger partial charge in [-0.2, -0.15) is 0 Å². The van der Waals surface area contributed by atoms with E-state index in [1.165, 1.54) is 64.2 Å². The van der Waals surface area contributed by atoms with E-state index in [-0.39, 0.29) is 19.2 Å². The molecule has 0 aliphatic rings. The Hall–Kier alpha value is -2.95. The fourth-order valence-electron chi connectivity index (χ4n) is 5.82. The van der Waals surface area contributed by atoms with E-state index in [4.69, 9.17) is 9.47 Å². The van der Waals surface area contributed by atoms with Crippen molar-refractivity contribution in [3.05, 3.63) is 109 Å². The number of allylic oxidation sites excluding steroid dienone is 18.